The van der Waals surface area contributed by atoms with Gasteiger partial charge in [0.15, 0.2) is 0 Å². The standard InChI is InChI=1S/C23H24N2O2/c1-2-7-23-20(5-1)13-19(16-27-23)15-24-14-18-8-10-22(11-9-18)26-17-21-6-3-4-12-25-21/h1-12,19,24H,13-17H2. The topological polar surface area (TPSA) is 43.4 Å². The van der Waals surface area contributed by atoms with Crippen LogP contribution in [0.15, 0.2) is 72.9 Å². The van der Waals surface area contributed by atoms with Crippen molar-refractivity contribution in [3.63, 3.8) is 0 Å². The summed E-state index contributed by atoms with van der Waals surface area (Å²) in [4.78, 5) is 4.27. The van der Waals surface area contributed by atoms with Crippen LogP contribution >= 0.6 is 0 Å². The van der Waals surface area contributed by atoms with Gasteiger partial charge in [-0.1, -0.05) is 36.4 Å². The van der Waals surface area contributed by atoms with E-state index < -0.39 is 0 Å². The third-order valence-electron chi connectivity index (χ3n) is 4.75. The molecule has 1 unspecified atom stereocenters. The van der Waals surface area contributed by atoms with Crippen molar-refractivity contribution < 1.29 is 9.47 Å². The van der Waals surface area contributed by atoms with Crippen molar-refractivity contribution in [2.24, 2.45) is 5.92 Å². The van der Waals surface area contributed by atoms with E-state index in [0.29, 0.717) is 12.5 Å². The number of nitrogens with zero attached hydrogens (tertiary/aromatic N) is 1. The van der Waals surface area contributed by atoms with Crippen LogP contribution in [-0.2, 0) is 19.6 Å². The molecule has 4 nitrogen and oxygen atoms in total. The fourth-order valence-electron chi connectivity index (χ4n) is 3.29. The second-order valence-corrected chi connectivity index (χ2v) is 6.87. The van der Waals surface area contributed by atoms with Gasteiger partial charge in [0.1, 0.15) is 18.1 Å². The van der Waals surface area contributed by atoms with Crippen LogP contribution in [-0.4, -0.2) is 18.1 Å². The fraction of sp³-hybridized carbons (Fsp3) is 0.261. The molecule has 0 saturated heterocycles. The molecular weight excluding hydrogens is 336 g/mol. The normalized spacial score (nSPS) is 15.6. The third kappa shape index (κ3) is 4.86. The second kappa shape index (κ2) is 8.69. The van der Waals surface area contributed by atoms with Crippen molar-refractivity contribution in [3.05, 3.63) is 89.7 Å². The molecule has 0 radical (unpaired) electrons. The van der Waals surface area contributed by atoms with Gasteiger partial charge >= 0.3 is 0 Å². The summed E-state index contributed by atoms with van der Waals surface area (Å²) < 4.78 is 11.6. The molecule has 0 bridgehead atoms. The van der Waals surface area contributed by atoms with E-state index in [1.165, 1.54) is 11.1 Å². The van der Waals surface area contributed by atoms with Gasteiger partial charge in [0.05, 0.1) is 12.3 Å². The molecule has 3 aromatic rings. The van der Waals surface area contributed by atoms with Crippen LogP contribution in [0.5, 0.6) is 11.5 Å². The Balaban J connectivity index is 1.21. The smallest absolute Gasteiger partial charge is 0.130 e. The summed E-state index contributed by atoms with van der Waals surface area (Å²) in [7, 11) is 0. The molecule has 0 saturated carbocycles. The number of benzene rings is 2. The van der Waals surface area contributed by atoms with Gasteiger partial charge in [0.25, 0.3) is 0 Å². The number of hydrogen-bond acceptors (Lipinski definition) is 4. The van der Waals surface area contributed by atoms with Crippen LogP contribution in [0, 0.1) is 5.92 Å². The van der Waals surface area contributed by atoms with Gasteiger partial charge in [-0.3, -0.25) is 4.98 Å². The molecule has 0 fully saturated rings. The van der Waals surface area contributed by atoms with Crippen molar-refractivity contribution in [2.45, 2.75) is 19.6 Å². The molecule has 4 rings (SSSR count). The number of nitrogens with one attached hydrogen (secondary N) is 1. The number of para-hydroxylation sites is 1. The molecule has 0 spiro atoms. The highest BCUT2D eigenvalue weighted by atomic mass is 16.5. The van der Waals surface area contributed by atoms with Gasteiger partial charge in [-0.25, -0.2) is 0 Å². The van der Waals surface area contributed by atoms with Gasteiger partial charge < -0.3 is 14.8 Å². The Kier molecular flexibility index (Phi) is 5.65. The van der Waals surface area contributed by atoms with Crippen molar-refractivity contribution in [2.75, 3.05) is 13.2 Å². The van der Waals surface area contributed by atoms with Crippen LogP contribution in [0.1, 0.15) is 16.8 Å². The first-order chi connectivity index (χ1) is 13.4. The maximum absolute atomic E-state index is 5.86. The van der Waals surface area contributed by atoms with Gasteiger partial charge in [-0.05, 0) is 47.9 Å². The van der Waals surface area contributed by atoms with Crippen molar-refractivity contribution in [3.8, 4) is 11.5 Å². The Labute approximate surface area is 160 Å². The van der Waals surface area contributed by atoms with E-state index in [-0.39, 0.29) is 0 Å². The Bertz CT molecular complexity index is 850. The summed E-state index contributed by atoms with van der Waals surface area (Å²) in [5.41, 5.74) is 3.49. The molecular formula is C23H24N2O2. The predicted molar refractivity (Wildman–Crippen MR) is 106 cm³/mol. The minimum absolute atomic E-state index is 0.488. The Morgan fingerprint density at radius 3 is 2.70 bits per heavy atom. The van der Waals surface area contributed by atoms with E-state index >= 15 is 0 Å². The molecule has 1 atom stereocenters. The zero-order chi connectivity index (χ0) is 18.3. The predicted octanol–water partition coefficient (Wildman–Crippen LogP) is 4.00. The molecule has 1 N–H and O–H groups in total. The summed E-state index contributed by atoms with van der Waals surface area (Å²) in [5.74, 6) is 2.41. The van der Waals surface area contributed by atoms with Gasteiger partial charge in [0, 0.05) is 25.2 Å². The maximum Gasteiger partial charge on any atom is 0.130 e. The lowest BCUT2D eigenvalue weighted by Crippen LogP contribution is -2.31. The van der Waals surface area contributed by atoms with Crippen LogP contribution in [0.25, 0.3) is 0 Å². The van der Waals surface area contributed by atoms with Crippen LogP contribution in [0.4, 0.5) is 0 Å². The number of fused-ring (bicyclic) bond motifs is 1. The van der Waals surface area contributed by atoms with E-state index in [0.717, 1.165) is 43.3 Å². The molecule has 1 aromatic heterocycles. The van der Waals surface area contributed by atoms with Crippen LogP contribution in [0.3, 0.4) is 0 Å². The summed E-state index contributed by atoms with van der Waals surface area (Å²) >= 11 is 0. The van der Waals surface area contributed by atoms with E-state index in [2.05, 4.69) is 40.6 Å². The molecule has 0 amide bonds. The first-order valence-electron chi connectivity index (χ1n) is 9.40. The van der Waals surface area contributed by atoms with Crippen LogP contribution in [0.2, 0.25) is 0 Å². The number of ether oxygens (including phenoxy) is 2. The van der Waals surface area contributed by atoms with E-state index in [1.54, 1.807) is 6.20 Å². The monoisotopic (exact) mass is 360 g/mol. The molecule has 1 aliphatic rings. The zero-order valence-electron chi connectivity index (χ0n) is 15.3. The summed E-state index contributed by atoms with van der Waals surface area (Å²) in [6.45, 7) is 3.07. The third-order valence-corrected chi connectivity index (χ3v) is 4.75. The number of rotatable bonds is 7. The van der Waals surface area contributed by atoms with Gasteiger partial charge in [0.2, 0.25) is 0 Å². The summed E-state index contributed by atoms with van der Waals surface area (Å²) in [5, 5.41) is 3.55. The first kappa shape index (κ1) is 17.6. The Morgan fingerprint density at radius 2 is 1.85 bits per heavy atom. The number of pyridine rings is 1. The average Bonchev–Trinajstić information content (AvgIpc) is 2.74. The zero-order valence-corrected chi connectivity index (χ0v) is 15.3. The Hall–Kier alpha value is -2.85. The fourth-order valence-corrected chi connectivity index (χ4v) is 3.29. The minimum atomic E-state index is 0.488. The van der Waals surface area contributed by atoms with Gasteiger partial charge in [-0.15, -0.1) is 0 Å². The lowest BCUT2D eigenvalue weighted by atomic mass is 9.97. The average molecular weight is 360 g/mol. The summed E-state index contributed by atoms with van der Waals surface area (Å²) in [6, 6.07) is 22.4. The highest BCUT2D eigenvalue weighted by Gasteiger charge is 2.18. The first-order valence-corrected chi connectivity index (χ1v) is 9.40. The molecule has 1 aliphatic heterocycles. The minimum Gasteiger partial charge on any atom is -0.493 e. The van der Waals surface area contributed by atoms with Crippen molar-refractivity contribution >= 4 is 0 Å². The Morgan fingerprint density at radius 1 is 1.00 bits per heavy atom. The quantitative estimate of drug-likeness (QED) is 0.692. The maximum atomic E-state index is 5.86. The van der Waals surface area contributed by atoms with E-state index in [1.807, 2.05) is 36.4 Å². The van der Waals surface area contributed by atoms with E-state index in [9.17, 15) is 0 Å². The molecule has 2 aromatic carbocycles. The van der Waals surface area contributed by atoms with Crippen molar-refractivity contribution in [1.29, 1.82) is 0 Å². The highest BCUT2D eigenvalue weighted by Crippen LogP contribution is 2.26. The van der Waals surface area contributed by atoms with E-state index in [4.69, 9.17) is 9.47 Å². The molecule has 4 heteroatoms. The number of hydrogen-bond donors (Lipinski definition) is 1. The largest absolute Gasteiger partial charge is 0.493 e. The highest BCUT2D eigenvalue weighted by molar-refractivity contribution is 5.35. The second-order valence-electron chi connectivity index (χ2n) is 6.87. The molecule has 27 heavy (non-hydrogen) atoms. The van der Waals surface area contributed by atoms with Crippen molar-refractivity contribution in [1.82, 2.24) is 10.3 Å². The summed E-state index contributed by atoms with van der Waals surface area (Å²) in [6.07, 6.45) is 2.85. The molecule has 0 aliphatic carbocycles. The van der Waals surface area contributed by atoms with Crippen LogP contribution < -0.4 is 14.8 Å². The molecule has 138 valence electrons. The number of aromatic nitrogens is 1. The SMILES string of the molecule is c1ccc(COc2ccc(CNCC3COc4ccccc4C3)cc2)nc1. The molecule has 2 heterocycles. The van der Waals surface area contributed by atoms with Gasteiger partial charge in [-0.2, -0.15) is 0 Å². The lowest BCUT2D eigenvalue weighted by Gasteiger charge is -2.25. The lowest BCUT2D eigenvalue weighted by molar-refractivity contribution is 0.218.